The lowest BCUT2D eigenvalue weighted by Gasteiger charge is -2.22. The van der Waals surface area contributed by atoms with Crippen LogP contribution in [0.25, 0.3) is 0 Å². The van der Waals surface area contributed by atoms with Crippen molar-refractivity contribution in [2.24, 2.45) is 10.7 Å². The number of amides is 4. The van der Waals surface area contributed by atoms with Crippen LogP contribution in [0.3, 0.4) is 0 Å². The Kier molecular flexibility index (Phi) is 11.7. The summed E-state index contributed by atoms with van der Waals surface area (Å²) in [6.45, 7) is 9.46. The molecule has 14 nitrogen and oxygen atoms in total. The minimum Gasteiger partial charge on any atom is -0.468 e. The first kappa shape index (κ1) is 31.8. The van der Waals surface area contributed by atoms with Crippen molar-refractivity contribution in [3.8, 4) is 0 Å². The third-order valence-electron chi connectivity index (χ3n) is 4.02. The summed E-state index contributed by atoms with van der Waals surface area (Å²) in [6, 6.07) is 4.84. The molecule has 1 aromatic rings. The molecule has 6 N–H and O–H groups in total. The Labute approximate surface area is 221 Å². The highest BCUT2D eigenvalue weighted by Gasteiger charge is 2.21. The molecule has 14 heteroatoms. The van der Waals surface area contributed by atoms with E-state index in [1.807, 2.05) is 0 Å². The smallest absolute Gasteiger partial charge is 0.414 e. The lowest BCUT2D eigenvalue weighted by atomic mass is 10.2. The monoisotopic (exact) mass is 536 g/mol. The number of ether oxygens (including phenoxy) is 3. The van der Waals surface area contributed by atoms with E-state index in [4.69, 9.17) is 15.2 Å². The van der Waals surface area contributed by atoms with E-state index in [-0.39, 0.29) is 30.3 Å². The zero-order valence-electron chi connectivity index (χ0n) is 22.6. The molecule has 0 aromatic heterocycles. The molecule has 0 saturated carbocycles. The van der Waals surface area contributed by atoms with Crippen LogP contribution in [0, 0.1) is 0 Å². The minimum atomic E-state index is -1.04. The normalized spacial score (nSPS) is 11.8. The van der Waals surface area contributed by atoms with Crippen LogP contribution in [0.15, 0.2) is 29.3 Å². The summed E-state index contributed by atoms with van der Waals surface area (Å²) in [5.74, 6) is -2.16. The van der Waals surface area contributed by atoms with Gasteiger partial charge in [-0.2, -0.15) is 0 Å². The van der Waals surface area contributed by atoms with Gasteiger partial charge in [0.25, 0.3) is 5.91 Å². The minimum absolute atomic E-state index is 0.138. The standard InChI is InChI=1S/C24H36N6O8/c1-23(2,3)37-21(34)29-20(30-22(35)38-24(4,5)6)28-15-10-8-9-14(11-15)18(32)27-13-17(31)26-12-16(25)19(33)36-7/h8-11,16H,12-13,25H2,1-7H3,(H,26,31)(H,27,32)(H2,28,29,30,34,35)/t16-/m0/s1. The summed E-state index contributed by atoms with van der Waals surface area (Å²) >= 11 is 0. The molecule has 38 heavy (non-hydrogen) atoms. The Hall–Kier alpha value is -4.20. The predicted octanol–water partition coefficient (Wildman–Crippen LogP) is 1.07. The van der Waals surface area contributed by atoms with Crippen LogP contribution in [0.5, 0.6) is 0 Å². The van der Waals surface area contributed by atoms with Gasteiger partial charge in [-0.1, -0.05) is 6.07 Å². The summed E-state index contributed by atoms with van der Waals surface area (Å²) in [4.78, 5) is 64.5. The van der Waals surface area contributed by atoms with Crippen LogP contribution in [0.1, 0.15) is 51.9 Å². The van der Waals surface area contributed by atoms with Crippen molar-refractivity contribution in [1.29, 1.82) is 0 Å². The van der Waals surface area contributed by atoms with Gasteiger partial charge in [0, 0.05) is 12.1 Å². The Morgan fingerprint density at radius 1 is 0.921 bits per heavy atom. The highest BCUT2D eigenvalue weighted by atomic mass is 16.6. The fourth-order valence-electron chi connectivity index (χ4n) is 2.52. The van der Waals surface area contributed by atoms with Crippen LogP contribution < -0.4 is 27.0 Å². The van der Waals surface area contributed by atoms with Gasteiger partial charge < -0.3 is 30.6 Å². The third-order valence-corrected chi connectivity index (χ3v) is 4.02. The van der Waals surface area contributed by atoms with Gasteiger partial charge in [0.15, 0.2) is 0 Å². The van der Waals surface area contributed by atoms with E-state index in [1.165, 1.54) is 31.4 Å². The first-order valence-corrected chi connectivity index (χ1v) is 11.6. The molecule has 1 rings (SSSR count). The molecule has 4 amide bonds. The van der Waals surface area contributed by atoms with Crippen LogP contribution in [-0.4, -0.2) is 73.4 Å². The largest absolute Gasteiger partial charge is 0.468 e. The number of rotatable bonds is 7. The molecular formula is C24H36N6O8. The first-order valence-electron chi connectivity index (χ1n) is 11.6. The second kappa shape index (κ2) is 13.9. The number of guanidine groups is 1. The van der Waals surface area contributed by atoms with Crippen molar-refractivity contribution in [1.82, 2.24) is 21.3 Å². The number of carbonyl (C=O) groups excluding carboxylic acids is 5. The lowest BCUT2D eigenvalue weighted by Crippen LogP contribution is -2.47. The SMILES string of the molecule is COC(=O)[C@@H](N)CNC(=O)CNC(=O)c1cccc(N=C(NC(=O)OC(C)(C)C)NC(=O)OC(C)(C)C)c1. The lowest BCUT2D eigenvalue weighted by molar-refractivity contribution is -0.142. The van der Waals surface area contributed by atoms with E-state index in [9.17, 15) is 24.0 Å². The Balaban J connectivity index is 2.96. The summed E-state index contributed by atoms with van der Waals surface area (Å²) in [6.07, 6.45) is -1.75. The van der Waals surface area contributed by atoms with Crippen LogP contribution in [0.2, 0.25) is 0 Å². The second-order valence-electron chi connectivity index (χ2n) is 9.88. The summed E-state index contributed by atoms with van der Waals surface area (Å²) in [5, 5.41) is 9.52. The van der Waals surface area contributed by atoms with Gasteiger partial charge in [-0.05, 0) is 59.7 Å². The number of methoxy groups -OCH3 is 1. The van der Waals surface area contributed by atoms with E-state index < -0.39 is 47.2 Å². The molecule has 0 aliphatic carbocycles. The van der Waals surface area contributed by atoms with Gasteiger partial charge in [0.1, 0.15) is 17.2 Å². The number of aliphatic imine (C=N–C) groups is 1. The average molecular weight is 537 g/mol. The molecule has 0 bridgehead atoms. The molecule has 0 aliphatic rings. The van der Waals surface area contributed by atoms with E-state index in [2.05, 4.69) is 31.0 Å². The second-order valence-corrected chi connectivity index (χ2v) is 9.88. The van der Waals surface area contributed by atoms with Gasteiger partial charge >= 0.3 is 18.2 Å². The van der Waals surface area contributed by atoms with Crippen molar-refractivity contribution in [3.05, 3.63) is 29.8 Å². The Morgan fingerprint density at radius 3 is 1.97 bits per heavy atom. The Bertz CT molecular complexity index is 1030. The molecule has 0 unspecified atom stereocenters. The topological polar surface area (TPSA) is 200 Å². The van der Waals surface area contributed by atoms with Crippen molar-refractivity contribution in [2.45, 2.75) is 58.8 Å². The molecule has 0 fully saturated rings. The van der Waals surface area contributed by atoms with E-state index >= 15 is 0 Å². The fraction of sp³-hybridized carbons (Fsp3) is 0.500. The predicted molar refractivity (Wildman–Crippen MR) is 138 cm³/mol. The van der Waals surface area contributed by atoms with Gasteiger partial charge in [-0.3, -0.25) is 25.0 Å². The number of hydrogen-bond donors (Lipinski definition) is 5. The third kappa shape index (κ3) is 13.2. The number of esters is 1. The molecular weight excluding hydrogens is 500 g/mol. The van der Waals surface area contributed by atoms with Crippen LogP contribution in [-0.2, 0) is 23.8 Å². The van der Waals surface area contributed by atoms with Crippen LogP contribution >= 0.6 is 0 Å². The number of nitrogens with one attached hydrogen (secondary N) is 4. The maximum Gasteiger partial charge on any atom is 0.414 e. The zero-order valence-corrected chi connectivity index (χ0v) is 22.6. The van der Waals surface area contributed by atoms with Gasteiger partial charge in [0.2, 0.25) is 11.9 Å². The highest BCUT2D eigenvalue weighted by molar-refractivity contribution is 6.03. The first-order chi connectivity index (χ1) is 17.5. The molecule has 210 valence electrons. The molecule has 0 spiro atoms. The summed E-state index contributed by atoms with van der Waals surface area (Å²) in [5.41, 5.74) is 4.25. The summed E-state index contributed by atoms with van der Waals surface area (Å²) < 4.78 is 14.9. The maximum atomic E-state index is 12.5. The van der Waals surface area contributed by atoms with E-state index in [0.717, 1.165) is 0 Å². The van der Waals surface area contributed by atoms with Crippen LogP contribution in [0.4, 0.5) is 15.3 Å². The molecule has 1 atom stereocenters. The van der Waals surface area contributed by atoms with Crippen molar-refractivity contribution < 1.29 is 38.2 Å². The zero-order chi connectivity index (χ0) is 29.1. The maximum absolute atomic E-state index is 12.5. The van der Waals surface area contributed by atoms with Crippen molar-refractivity contribution in [3.63, 3.8) is 0 Å². The van der Waals surface area contributed by atoms with Crippen molar-refractivity contribution >= 4 is 41.6 Å². The number of benzene rings is 1. The van der Waals surface area contributed by atoms with E-state index in [1.54, 1.807) is 41.5 Å². The molecule has 0 radical (unpaired) electrons. The number of nitrogens with zero attached hydrogens (tertiary/aromatic N) is 1. The quantitative estimate of drug-likeness (QED) is 0.146. The average Bonchev–Trinajstić information content (AvgIpc) is 2.77. The molecule has 0 aliphatic heterocycles. The van der Waals surface area contributed by atoms with Gasteiger partial charge in [0.05, 0.1) is 19.3 Å². The van der Waals surface area contributed by atoms with E-state index in [0.29, 0.717) is 0 Å². The number of nitrogens with two attached hydrogens (primary N) is 1. The molecule has 1 aromatic carbocycles. The number of hydrogen-bond acceptors (Lipinski definition) is 10. The van der Waals surface area contributed by atoms with Crippen molar-refractivity contribution in [2.75, 3.05) is 20.2 Å². The highest BCUT2D eigenvalue weighted by Crippen LogP contribution is 2.15. The fourth-order valence-corrected chi connectivity index (χ4v) is 2.52. The number of carbonyl (C=O) groups is 5. The number of alkyl carbamates (subject to hydrolysis) is 2. The molecule has 0 heterocycles. The molecule has 0 saturated heterocycles. The van der Waals surface area contributed by atoms with Gasteiger partial charge in [-0.25, -0.2) is 14.6 Å². The van der Waals surface area contributed by atoms with Gasteiger partial charge in [-0.15, -0.1) is 0 Å². The Morgan fingerprint density at radius 2 is 1.47 bits per heavy atom. The summed E-state index contributed by atoms with van der Waals surface area (Å²) in [7, 11) is 1.17.